The number of rotatable bonds is 0. The van der Waals surface area contributed by atoms with Gasteiger partial charge in [0, 0.05) is 4.90 Å². The number of imidazole rings is 1. The molecule has 0 aliphatic carbocycles. The second kappa shape index (κ2) is 3.52. The number of hydrogen-bond donors (Lipinski definition) is 0. The van der Waals surface area contributed by atoms with Crippen LogP contribution in [-0.2, 0) is 5.75 Å². The van der Waals surface area contributed by atoms with Gasteiger partial charge in [-0.2, -0.15) is 0 Å². The Morgan fingerprint density at radius 2 is 2.20 bits per heavy atom. The average Bonchev–Trinajstić information content (AvgIpc) is 2.55. The lowest BCUT2D eigenvalue weighted by atomic mass is 10.3. The molecule has 1 aliphatic heterocycles. The van der Waals surface area contributed by atoms with Crippen LogP contribution in [0.1, 0.15) is 11.5 Å². The van der Waals surface area contributed by atoms with Gasteiger partial charge in [-0.05, 0) is 41.6 Å². The smallest absolute Gasteiger partial charge is 0.124 e. The van der Waals surface area contributed by atoms with Crippen LogP contribution in [0.3, 0.4) is 0 Å². The number of halogens is 1. The summed E-state index contributed by atoms with van der Waals surface area (Å²) in [6, 6.07) is 8.51. The zero-order valence-electron chi connectivity index (χ0n) is 8.20. The van der Waals surface area contributed by atoms with Crippen LogP contribution in [0.4, 0.5) is 0 Å². The number of benzene rings is 1. The van der Waals surface area contributed by atoms with Gasteiger partial charge in [-0.1, -0.05) is 12.1 Å². The Kier molecular flexibility index (Phi) is 2.28. The van der Waals surface area contributed by atoms with Crippen molar-refractivity contribution >= 4 is 34.4 Å². The third kappa shape index (κ3) is 1.42. The van der Waals surface area contributed by atoms with Gasteiger partial charge in [-0.25, -0.2) is 4.98 Å². The minimum absolute atomic E-state index is 0.973. The highest BCUT2D eigenvalue weighted by atomic mass is 127. The van der Waals surface area contributed by atoms with Crippen LogP contribution in [-0.4, -0.2) is 9.55 Å². The molecule has 15 heavy (non-hydrogen) atoms. The van der Waals surface area contributed by atoms with Gasteiger partial charge in [0.2, 0.25) is 0 Å². The molecule has 3 rings (SSSR count). The van der Waals surface area contributed by atoms with Gasteiger partial charge in [-0.3, -0.25) is 4.57 Å². The van der Waals surface area contributed by atoms with Crippen molar-refractivity contribution in [3.05, 3.63) is 39.5 Å². The van der Waals surface area contributed by atoms with E-state index in [1.165, 1.54) is 20.1 Å². The number of para-hydroxylation sites is 1. The van der Waals surface area contributed by atoms with Gasteiger partial charge in [-0.15, -0.1) is 11.8 Å². The summed E-state index contributed by atoms with van der Waals surface area (Å²) in [5.41, 5.74) is 2.40. The summed E-state index contributed by atoms with van der Waals surface area (Å²) in [6.07, 6.45) is 0. The highest BCUT2D eigenvalue weighted by Crippen LogP contribution is 2.36. The highest BCUT2D eigenvalue weighted by Gasteiger charge is 2.20. The van der Waals surface area contributed by atoms with E-state index in [9.17, 15) is 0 Å². The molecule has 1 aliphatic rings. The van der Waals surface area contributed by atoms with Crippen molar-refractivity contribution in [3.8, 4) is 5.69 Å². The minimum Gasteiger partial charge on any atom is -0.289 e. The first kappa shape index (κ1) is 9.72. The van der Waals surface area contributed by atoms with E-state index in [-0.39, 0.29) is 0 Å². The normalized spacial score (nSPS) is 13.5. The van der Waals surface area contributed by atoms with Crippen molar-refractivity contribution in [2.45, 2.75) is 17.6 Å². The van der Waals surface area contributed by atoms with Gasteiger partial charge in [0.05, 0.1) is 17.1 Å². The van der Waals surface area contributed by atoms with Crippen LogP contribution in [0.2, 0.25) is 0 Å². The lowest BCUT2D eigenvalue weighted by molar-refractivity contribution is 0.905. The molecule has 0 N–H and O–H groups in total. The summed E-state index contributed by atoms with van der Waals surface area (Å²) < 4.78 is 3.50. The number of hydrogen-bond acceptors (Lipinski definition) is 2. The Hall–Kier alpha value is -0.490. The maximum Gasteiger partial charge on any atom is 0.124 e. The van der Waals surface area contributed by atoms with Crippen molar-refractivity contribution in [3.63, 3.8) is 0 Å². The fraction of sp³-hybridized carbons (Fsp3) is 0.182. The maximum absolute atomic E-state index is 4.58. The van der Waals surface area contributed by atoms with Gasteiger partial charge >= 0.3 is 0 Å². The largest absolute Gasteiger partial charge is 0.289 e. The van der Waals surface area contributed by atoms with Crippen LogP contribution < -0.4 is 0 Å². The van der Waals surface area contributed by atoms with Crippen LogP contribution in [0.5, 0.6) is 0 Å². The SMILES string of the molecule is Cc1nc2n(c1I)-c1ccccc1SC2. The summed E-state index contributed by atoms with van der Waals surface area (Å²) >= 11 is 4.24. The Bertz CT molecular complexity index is 533. The molecule has 0 bridgehead atoms. The van der Waals surface area contributed by atoms with E-state index in [0.29, 0.717) is 0 Å². The second-order valence-electron chi connectivity index (χ2n) is 3.50. The van der Waals surface area contributed by atoms with Gasteiger partial charge < -0.3 is 0 Å². The van der Waals surface area contributed by atoms with Gasteiger partial charge in [0.15, 0.2) is 0 Å². The summed E-state index contributed by atoms with van der Waals surface area (Å²) in [6.45, 7) is 2.07. The molecular weight excluding hydrogens is 319 g/mol. The number of aromatic nitrogens is 2. The van der Waals surface area contributed by atoms with Crippen molar-refractivity contribution in [1.29, 1.82) is 0 Å². The molecule has 2 nitrogen and oxygen atoms in total. The zero-order chi connectivity index (χ0) is 10.4. The lowest BCUT2D eigenvalue weighted by Gasteiger charge is -2.18. The summed E-state index contributed by atoms with van der Waals surface area (Å²) in [5, 5.41) is 0. The molecule has 76 valence electrons. The Balaban J connectivity index is 2.33. The standard InChI is InChI=1S/C11H9IN2S/c1-7-11(12)14-8-4-2-3-5-9(8)15-6-10(14)13-7/h2-5H,6H2,1H3. The number of fused-ring (bicyclic) bond motifs is 3. The van der Waals surface area contributed by atoms with E-state index in [0.717, 1.165) is 11.4 Å². The molecule has 0 unspecified atom stereocenters. The molecule has 0 radical (unpaired) electrons. The monoisotopic (exact) mass is 328 g/mol. The second-order valence-corrected chi connectivity index (χ2v) is 5.54. The molecule has 4 heteroatoms. The van der Waals surface area contributed by atoms with Crippen LogP contribution in [0.25, 0.3) is 5.69 Å². The van der Waals surface area contributed by atoms with Crippen molar-refractivity contribution in [1.82, 2.24) is 9.55 Å². The topological polar surface area (TPSA) is 17.8 Å². The first-order valence-corrected chi connectivity index (χ1v) is 6.80. The maximum atomic E-state index is 4.58. The predicted molar refractivity (Wildman–Crippen MR) is 70.6 cm³/mol. The van der Waals surface area contributed by atoms with E-state index in [4.69, 9.17) is 0 Å². The molecule has 0 amide bonds. The number of nitrogens with zero attached hydrogens (tertiary/aromatic N) is 2. The molecule has 0 spiro atoms. The van der Waals surface area contributed by atoms with Crippen molar-refractivity contribution in [2.24, 2.45) is 0 Å². The molecule has 1 aromatic carbocycles. The number of thioether (sulfide) groups is 1. The molecule has 2 aromatic rings. The molecule has 2 heterocycles. The zero-order valence-corrected chi connectivity index (χ0v) is 11.2. The quantitative estimate of drug-likeness (QED) is 0.690. The summed E-state index contributed by atoms with van der Waals surface area (Å²) in [5.74, 6) is 2.14. The Morgan fingerprint density at radius 1 is 1.40 bits per heavy atom. The molecule has 0 fully saturated rings. The minimum atomic E-state index is 0.973. The molecule has 0 atom stereocenters. The molecule has 0 saturated carbocycles. The number of aryl methyl sites for hydroxylation is 1. The van der Waals surface area contributed by atoms with Gasteiger partial charge in [0.1, 0.15) is 9.53 Å². The van der Waals surface area contributed by atoms with Crippen molar-refractivity contribution in [2.75, 3.05) is 0 Å². The first-order valence-electron chi connectivity index (χ1n) is 4.73. The van der Waals surface area contributed by atoms with Crippen LogP contribution in [0.15, 0.2) is 29.2 Å². The Morgan fingerprint density at radius 3 is 3.07 bits per heavy atom. The Labute approximate surface area is 106 Å². The third-order valence-electron chi connectivity index (χ3n) is 2.51. The average molecular weight is 328 g/mol. The predicted octanol–water partition coefficient (Wildman–Crippen LogP) is 3.39. The fourth-order valence-electron chi connectivity index (χ4n) is 1.81. The summed E-state index contributed by atoms with van der Waals surface area (Å²) in [4.78, 5) is 5.93. The first-order chi connectivity index (χ1) is 7.27. The molecule has 1 aromatic heterocycles. The highest BCUT2D eigenvalue weighted by molar-refractivity contribution is 14.1. The van der Waals surface area contributed by atoms with E-state index in [1.54, 1.807) is 0 Å². The van der Waals surface area contributed by atoms with E-state index in [2.05, 4.69) is 63.3 Å². The summed E-state index contributed by atoms with van der Waals surface area (Å²) in [7, 11) is 0. The fourth-order valence-corrected chi connectivity index (χ4v) is 3.43. The van der Waals surface area contributed by atoms with E-state index < -0.39 is 0 Å². The third-order valence-corrected chi connectivity index (χ3v) is 4.83. The van der Waals surface area contributed by atoms with E-state index in [1.807, 2.05) is 11.8 Å². The van der Waals surface area contributed by atoms with Gasteiger partial charge in [0.25, 0.3) is 0 Å². The molecular formula is C11H9IN2S. The lowest BCUT2D eigenvalue weighted by Crippen LogP contribution is -2.07. The van der Waals surface area contributed by atoms with Crippen molar-refractivity contribution < 1.29 is 0 Å². The van der Waals surface area contributed by atoms with Crippen LogP contribution in [0, 0.1) is 10.6 Å². The van der Waals surface area contributed by atoms with E-state index >= 15 is 0 Å². The van der Waals surface area contributed by atoms with Crippen LogP contribution >= 0.6 is 34.4 Å². The molecule has 0 saturated heterocycles.